The van der Waals surface area contributed by atoms with E-state index >= 15 is 0 Å². The highest BCUT2D eigenvalue weighted by atomic mass is 16.5. The summed E-state index contributed by atoms with van der Waals surface area (Å²) in [4.78, 5) is 0. The van der Waals surface area contributed by atoms with Crippen molar-refractivity contribution in [2.75, 3.05) is 0 Å². The van der Waals surface area contributed by atoms with Crippen LogP contribution < -0.4 is 10.5 Å². The number of rotatable bonds is 2. The van der Waals surface area contributed by atoms with Crippen LogP contribution in [0.1, 0.15) is 25.0 Å². The van der Waals surface area contributed by atoms with Gasteiger partial charge in [-0.15, -0.1) is 0 Å². The number of benzene rings is 1. The first-order valence-corrected chi connectivity index (χ1v) is 5.20. The van der Waals surface area contributed by atoms with Crippen LogP contribution in [0.3, 0.4) is 0 Å². The van der Waals surface area contributed by atoms with Crippen LogP contribution in [0.2, 0.25) is 0 Å². The van der Waals surface area contributed by atoms with Crippen molar-refractivity contribution in [1.82, 2.24) is 0 Å². The number of fused-ring (bicyclic) bond motifs is 1. The molecule has 0 bridgehead atoms. The first-order valence-electron chi connectivity index (χ1n) is 5.20. The SMILES string of the molecule is CC(N)Cc1cccc2c1OC(C)C2. The van der Waals surface area contributed by atoms with Crippen LogP contribution >= 0.6 is 0 Å². The fraction of sp³-hybridized carbons (Fsp3) is 0.500. The van der Waals surface area contributed by atoms with E-state index in [1.165, 1.54) is 11.1 Å². The van der Waals surface area contributed by atoms with Gasteiger partial charge in [-0.1, -0.05) is 18.2 Å². The van der Waals surface area contributed by atoms with Crippen LogP contribution in [0, 0.1) is 0 Å². The minimum absolute atomic E-state index is 0.195. The first kappa shape index (κ1) is 9.53. The molecule has 2 rings (SSSR count). The molecule has 76 valence electrons. The number of hydrogen-bond acceptors (Lipinski definition) is 2. The van der Waals surface area contributed by atoms with Crippen LogP contribution in [-0.2, 0) is 12.8 Å². The zero-order valence-electron chi connectivity index (χ0n) is 8.79. The van der Waals surface area contributed by atoms with Crippen molar-refractivity contribution in [1.29, 1.82) is 0 Å². The Morgan fingerprint density at radius 2 is 2.36 bits per heavy atom. The molecular weight excluding hydrogens is 174 g/mol. The quantitative estimate of drug-likeness (QED) is 0.775. The zero-order chi connectivity index (χ0) is 10.1. The highest BCUT2D eigenvalue weighted by Crippen LogP contribution is 2.32. The molecule has 0 aromatic heterocycles. The topological polar surface area (TPSA) is 35.2 Å². The van der Waals surface area contributed by atoms with Gasteiger partial charge in [-0.25, -0.2) is 0 Å². The zero-order valence-corrected chi connectivity index (χ0v) is 8.79. The lowest BCUT2D eigenvalue weighted by Gasteiger charge is -2.10. The average molecular weight is 191 g/mol. The summed E-state index contributed by atoms with van der Waals surface area (Å²) >= 11 is 0. The number of hydrogen-bond donors (Lipinski definition) is 1. The standard InChI is InChI=1S/C12H17NO/c1-8(13)6-10-4-3-5-11-7-9(2)14-12(10)11/h3-5,8-9H,6-7,13H2,1-2H3. The second-order valence-corrected chi connectivity index (χ2v) is 4.22. The Kier molecular flexibility index (Phi) is 2.46. The molecule has 0 spiro atoms. The summed E-state index contributed by atoms with van der Waals surface area (Å²) < 4.78 is 5.78. The summed E-state index contributed by atoms with van der Waals surface area (Å²) in [5.41, 5.74) is 8.38. The fourth-order valence-corrected chi connectivity index (χ4v) is 2.01. The molecule has 0 saturated carbocycles. The third-order valence-electron chi connectivity index (χ3n) is 2.55. The fourth-order valence-electron chi connectivity index (χ4n) is 2.01. The average Bonchev–Trinajstić information content (AvgIpc) is 2.45. The van der Waals surface area contributed by atoms with E-state index < -0.39 is 0 Å². The van der Waals surface area contributed by atoms with Gasteiger partial charge in [-0.3, -0.25) is 0 Å². The molecule has 0 amide bonds. The van der Waals surface area contributed by atoms with Crippen molar-refractivity contribution < 1.29 is 4.74 Å². The lowest BCUT2D eigenvalue weighted by atomic mass is 10.0. The van der Waals surface area contributed by atoms with Crippen molar-refractivity contribution in [3.63, 3.8) is 0 Å². The maximum atomic E-state index is 5.80. The predicted molar refractivity (Wildman–Crippen MR) is 57.6 cm³/mol. The van der Waals surface area contributed by atoms with E-state index in [-0.39, 0.29) is 6.04 Å². The maximum Gasteiger partial charge on any atom is 0.126 e. The molecule has 2 nitrogen and oxygen atoms in total. The Hall–Kier alpha value is -1.02. The van der Waals surface area contributed by atoms with Crippen molar-refractivity contribution in [3.8, 4) is 5.75 Å². The Balaban J connectivity index is 2.30. The van der Waals surface area contributed by atoms with E-state index in [0.29, 0.717) is 6.10 Å². The van der Waals surface area contributed by atoms with Gasteiger partial charge in [0.2, 0.25) is 0 Å². The second kappa shape index (κ2) is 3.62. The highest BCUT2D eigenvalue weighted by molar-refractivity contribution is 5.44. The molecule has 2 unspecified atom stereocenters. The number of ether oxygens (including phenoxy) is 1. The summed E-state index contributed by atoms with van der Waals surface area (Å²) in [5.74, 6) is 1.08. The van der Waals surface area contributed by atoms with E-state index in [4.69, 9.17) is 10.5 Å². The summed E-state index contributed by atoms with van der Waals surface area (Å²) in [5, 5.41) is 0. The van der Waals surface area contributed by atoms with E-state index in [1.807, 2.05) is 6.92 Å². The molecule has 2 atom stereocenters. The van der Waals surface area contributed by atoms with Crippen LogP contribution in [0.15, 0.2) is 18.2 Å². The maximum absolute atomic E-state index is 5.80. The number of nitrogens with two attached hydrogens (primary N) is 1. The smallest absolute Gasteiger partial charge is 0.126 e. The molecule has 1 aliphatic heterocycles. The minimum Gasteiger partial charge on any atom is -0.490 e. The molecule has 0 aliphatic carbocycles. The van der Waals surface area contributed by atoms with Gasteiger partial charge < -0.3 is 10.5 Å². The molecule has 0 radical (unpaired) electrons. The van der Waals surface area contributed by atoms with E-state index in [1.54, 1.807) is 0 Å². The largest absolute Gasteiger partial charge is 0.490 e. The highest BCUT2D eigenvalue weighted by Gasteiger charge is 2.21. The summed E-state index contributed by atoms with van der Waals surface area (Å²) in [6.07, 6.45) is 2.25. The lowest BCUT2D eigenvalue weighted by molar-refractivity contribution is 0.252. The molecule has 0 saturated heterocycles. The van der Waals surface area contributed by atoms with Gasteiger partial charge in [-0.05, 0) is 31.4 Å². The van der Waals surface area contributed by atoms with Crippen LogP contribution in [0.5, 0.6) is 5.75 Å². The molecule has 1 heterocycles. The van der Waals surface area contributed by atoms with Gasteiger partial charge in [0.1, 0.15) is 11.9 Å². The van der Waals surface area contributed by atoms with Crippen LogP contribution in [0.25, 0.3) is 0 Å². The summed E-state index contributed by atoms with van der Waals surface area (Å²) in [7, 11) is 0. The van der Waals surface area contributed by atoms with Gasteiger partial charge in [0.25, 0.3) is 0 Å². The third-order valence-corrected chi connectivity index (χ3v) is 2.55. The lowest BCUT2D eigenvalue weighted by Crippen LogP contribution is -2.18. The molecule has 1 aromatic rings. The number of para-hydroxylation sites is 1. The summed E-state index contributed by atoms with van der Waals surface area (Å²) in [6.45, 7) is 4.13. The Morgan fingerprint density at radius 1 is 1.57 bits per heavy atom. The second-order valence-electron chi connectivity index (χ2n) is 4.22. The van der Waals surface area contributed by atoms with E-state index in [0.717, 1.165) is 18.6 Å². The van der Waals surface area contributed by atoms with Crippen molar-refractivity contribution in [2.24, 2.45) is 5.73 Å². The summed E-state index contributed by atoms with van der Waals surface area (Å²) in [6, 6.07) is 6.54. The third kappa shape index (κ3) is 1.75. The van der Waals surface area contributed by atoms with Crippen molar-refractivity contribution in [3.05, 3.63) is 29.3 Å². The Bertz CT molecular complexity index is 333. The molecular formula is C12H17NO. The molecule has 0 fully saturated rings. The van der Waals surface area contributed by atoms with Gasteiger partial charge in [-0.2, -0.15) is 0 Å². The monoisotopic (exact) mass is 191 g/mol. The van der Waals surface area contributed by atoms with Crippen molar-refractivity contribution in [2.45, 2.75) is 38.8 Å². The Labute approximate surface area is 85.1 Å². The molecule has 14 heavy (non-hydrogen) atoms. The van der Waals surface area contributed by atoms with Crippen molar-refractivity contribution >= 4 is 0 Å². The predicted octanol–water partition coefficient (Wildman–Crippen LogP) is 1.90. The van der Waals surface area contributed by atoms with Gasteiger partial charge in [0.15, 0.2) is 0 Å². The van der Waals surface area contributed by atoms with Crippen LogP contribution in [0.4, 0.5) is 0 Å². The molecule has 2 heteroatoms. The molecule has 1 aromatic carbocycles. The van der Waals surface area contributed by atoms with E-state index in [2.05, 4.69) is 25.1 Å². The molecule has 1 aliphatic rings. The first-order chi connectivity index (χ1) is 6.66. The Morgan fingerprint density at radius 3 is 3.07 bits per heavy atom. The van der Waals surface area contributed by atoms with Gasteiger partial charge in [0.05, 0.1) is 0 Å². The molecule has 2 N–H and O–H groups in total. The normalized spacial score (nSPS) is 21.5. The van der Waals surface area contributed by atoms with Crippen LogP contribution in [-0.4, -0.2) is 12.1 Å². The minimum atomic E-state index is 0.195. The van der Waals surface area contributed by atoms with Gasteiger partial charge in [0, 0.05) is 12.5 Å². The van der Waals surface area contributed by atoms with Gasteiger partial charge >= 0.3 is 0 Å². The van der Waals surface area contributed by atoms with E-state index in [9.17, 15) is 0 Å².